The molecule has 128 valence electrons. The van der Waals surface area contributed by atoms with Crippen LogP contribution < -0.4 is 9.47 Å². The fraction of sp³-hybridized carbons (Fsp3) is 0.450. The Morgan fingerprint density at radius 3 is 2.58 bits per heavy atom. The van der Waals surface area contributed by atoms with Gasteiger partial charge in [0.25, 0.3) is 0 Å². The summed E-state index contributed by atoms with van der Waals surface area (Å²) in [7, 11) is 1.67. The molecule has 2 aromatic heterocycles. The Balaban J connectivity index is 1.94. The average molecular weight is 326 g/mol. The van der Waals surface area contributed by atoms with Gasteiger partial charge >= 0.3 is 0 Å². The smallest absolute Gasteiger partial charge is 0.238 e. The Morgan fingerprint density at radius 1 is 1.08 bits per heavy atom. The summed E-state index contributed by atoms with van der Waals surface area (Å²) >= 11 is 0. The quantitative estimate of drug-likeness (QED) is 0.578. The van der Waals surface area contributed by atoms with Crippen LogP contribution in [-0.2, 0) is 0 Å². The first-order valence-corrected chi connectivity index (χ1v) is 8.84. The van der Waals surface area contributed by atoms with Crippen molar-refractivity contribution in [3.63, 3.8) is 0 Å². The fourth-order valence-electron chi connectivity index (χ4n) is 3.29. The van der Waals surface area contributed by atoms with Crippen LogP contribution in [0.25, 0.3) is 16.6 Å². The van der Waals surface area contributed by atoms with E-state index in [-0.39, 0.29) is 0 Å². The van der Waals surface area contributed by atoms with E-state index in [9.17, 15) is 0 Å². The molecule has 0 N–H and O–H groups in total. The Hall–Kier alpha value is -2.23. The van der Waals surface area contributed by atoms with Crippen molar-refractivity contribution in [2.24, 2.45) is 5.92 Å². The number of aromatic nitrogens is 2. The van der Waals surface area contributed by atoms with Gasteiger partial charge in [0.1, 0.15) is 11.3 Å². The topological polar surface area (TPSA) is 35.8 Å². The number of nitrogens with zero attached hydrogens (tertiary/aromatic N) is 2. The molecular formula is C20H26N2O2. The van der Waals surface area contributed by atoms with Crippen LogP contribution in [0.4, 0.5) is 0 Å². The largest absolute Gasteiger partial charge is 0.497 e. The lowest BCUT2D eigenvalue weighted by Gasteiger charge is -2.17. The van der Waals surface area contributed by atoms with Crippen LogP contribution in [0.2, 0.25) is 0 Å². The Bertz CT molecular complexity index is 804. The van der Waals surface area contributed by atoms with Crippen molar-refractivity contribution in [3.8, 4) is 11.6 Å². The van der Waals surface area contributed by atoms with Gasteiger partial charge in [0, 0.05) is 12.3 Å². The maximum absolute atomic E-state index is 6.15. The zero-order valence-corrected chi connectivity index (χ0v) is 14.8. The van der Waals surface area contributed by atoms with Crippen molar-refractivity contribution in [2.45, 2.75) is 39.5 Å². The molecule has 4 heteroatoms. The van der Waals surface area contributed by atoms with E-state index in [2.05, 4.69) is 24.3 Å². The Labute approximate surface area is 143 Å². The van der Waals surface area contributed by atoms with Gasteiger partial charge in [0.05, 0.1) is 24.8 Å². The summed E-state index contributed by atoms with van der Waals surface area (Å²) in [6.07, 6.45) is 6.83. The zero-order chi connectivity index (χ0) is 16.9. The molecule has 0 atom stereocenters. The average Bonchev–Trinajstić information content (AvgIpc) is 3.09. The molecule has 0 spiro atoms. The van der Waals surface area contributed by atoms with Crippen LogP contribution >= 0.6 is 0 Å². The first kappa shape index (κ1) is 16.6. The zero-order valence-electron chi connectivity index (χ0n) is 14.8. The van der Waals surface area contributed by atoms with E-state index in [4.69, 9.17) is 14.5 Å². The van der Waals surface area contributed by atoms with E-state index in [0.29, 0.717) is 11.8 Å². The maximum atomic E-state index is 6.15. The number of benzene rings is 1. The minimum atomic E-state index is 0.595. The third kappa shape index (κ3) is 3.32. The van der Waals surface area contributed by atoms with Crippen LogP contribution in [-0.4, -0.2) is 23.1 Å². The van der Waals surface area contributed by atoms with Gasteiger partial charge in [-0.15, -0.1) is 0 Å². The molecule has 0 unspecified atom stereocenters. The highest BCUT2D eigenvalue weighted by molar-refractivity contribution is 5.82. The first-order chi connectivity index (χ1) is 11.8. The SMILES string of the molecule is CCCC(CCC)COc1nc2cc(OC)ccc2n2cccc12. The van der Waals surface area contributed by atoms with Gasteiger partial charge in [-0.05, 0) is 43.0 Å². The second-order valence-corrected chi connectivity index (χ2v) is 6.29. The lowest BCUT2D eigenvalue weighted by Crippen LogP contribution is -2.13. The van der Waals surface area contributed by atoms with E-state index in [1.54, 1.807) is 7.11 Å². The lowest BCUT2D eigenvalue weighted by molar-refractivity contribution is 0.225. The van der Waals surface area contributed by atoms with E-state index in [1.807, 2.05) is 30.5 Å². The van der Waals surface area contributed by atoms with Crippen molar-refractivity contribution in [1.82, 2.24) is 9.38 Å². The number of rotatable bonds is 8. The van der Waals surface area contributed by atoms with Crippen LogP contribution in [0.5, 0.6) is 11.6 Å². The lowest BCUT2D eigenvalue weighted by atomic mass is 9.99. The maximum Gasteiger partial charge on any atom is 0.238 e. The highest BCUT2D eigenvalue weighted by Crippen LogP contribution is 2.27. The number of ether oxygens (including phenoxy) is 2. The molecule has 0 radical (unpaired) electrons. The number of fused-ring (bicyclic) bond motifs is 3. The second-order valence-electron chi connectivity index (χ2n) is 6.29. The first-order valence-electron chi connectivity index (χ1n) is 8.84. The highest BCUT2D eigenvalue weighted by Gasteiger charge is 2.13. The van der Waals surface area contributed by atoms with Crippen LogP contribution in [0.3, 0.4) is 0 Å². The van der Waals surface area contributed by atoms with Crippen molar-refractivity contribution < 1.29 is 9.47 Å². The molecule has 0 aliphatic heterocycles. The number of hydrogen-bond acceptors (Lipinski definition) is 3. The Kier molecular flexibility index (Phi) is 5.24. The third-order valence-electron chi connectivity index (χ3n) is 4.48. The van der Waals surface area contributed by atoms with E-state index >= 15 is 0 Å². The minimum absolute atomic E-state index is 0.595. The summed E-state index contributed by atoms with van der Waals surface area (Å²) in [5.74, 6) is 2.11. The molecule has 0 aliphatic rings. The predicted molar refractivity (Wildman–Crippen MR) is 98.1 cm³/mol. The van der Waals surface area contributed by atoms with Crippen molar-refractivity contribution in [2.75, 3.05) is 13.7 Å². The number of methoxy groups -OCH3 is 1. The summed E-state index contributed by atoms with van der Waals surface area (Å²) in [4.78, 5) is 4.75. The molecule has 3 aromatic rings. The molecule has 0 fully saturated rings. The molecule has 3 rings (SSSR count). The highest BCUT2D eigenvalue weighted by atomic mass is 16.5. The fourth-order valence-corrected chi connectivity index (χ4v) is 3.29. The molecule has 4 nitrogen and oxygen atoms in total. The van der Waals surface area contributed by atoms with Crippen LogP contribution in [0.15, 0.2) is 36.5 Å². The van der Waals surface area contributed by atoms with Gasteiger partial charge in [-0.1, -0.05) is 26.7 Å². The van der Waals surface area contributed by atoms with Gasteiger partial charge in [-0.3, -0.25) is 0 Å². The summed E-state index contributed by atoms with van der Waals surface area (Å²) in [5, 5.41) is 0. The van der Waals surface area contributed by atoms with E-state index in [0.717, 1.165) is 28.9 Å². The second kappa shape index (κ2) is 7.56. The van der Waals surface area contributed by atoms with Crippen molar-refractivity contribution in [1.29, 1.82) is 0 Å². The summed E-state index contributed by atoms with van der Waals surface area (Å²) in [6.45, 7) is 5.19. The van der Waals surface area contributed by atoms with E-state index in [1.165, 1.54) is 25.7 Å². The minimum Gasteiger partial charge on any atom is -0.497 e. The molecular weight excluding hydrogens is 300 g/mol. The standard InChI is InChI=1S/C20H26N2O2/c1-4-7-15(8-5-2)14-24-20-19-9-6-12-22(19)18-11-10-16(23-3)13-17(18)21-20/h6,9-13,15H,4-5,7-8,14H2,1-3H3. The molecule has 0 saturated carbocycles. The molecule has 0 amide bonds. The molecule has 1 aromatic carbocycles. The monoisotopic (exact) mass is 326 g/mol. The van der Waals surface area contributed by atoms with Crippen LogP contribution in [0, 0.1) is 5.92 Å². The third-order valence-corrected chi connectivity index (χ3v) is 4.48. The molecule has 0 saturated heterocycles. The van der Waals surface area contributed by atoms with Gasteiger partial charge in [0.2, 0.25) is 5.88 Å². The number of hydrogen-bond donors (Lipinski definition) is 0. The molecule has 24 heavy (non-hydrogen) atoms. The van der Waals surface area contributed by atoms with E-state index < -0.39 is 0 Å². The van der Waals surface area contributed by atoms with Crippen molar-refractivity contribution in [3.05, 3.63) is 36.5 Å². The summed E-state index contributed by atoms with van der Waals surface area (Å²) in [5.41, 5.74) is 2.96. The van der Waals surface area contributed by atoms with Gasteiger partial charge in [-0.2, -0.15) is 0 Å². The molecule has 0 aliphatic carbocycles. The predicted octanol–water partition coefficient (Wildman–Crippen LogP) is 5.09. The van der Waals surface area contributed by atoms with Gasteiger partial charge < -0.3 is 13.9 Å². The Morgan fingerprint density at radius 2 is 1.88 bits per heavy atom. The van der Waals surface area contributed by atoms with Gasteiger partial charge in [-0.25, -0.2) is 4.98 Å². The summed E-state index contributed by atoms with van der Waals surface area (Å²) < 4.78 is 13.6. The normalized spacial score (nSPS) is 11.5. The van der Waals surface area contributed by atoms with Crippen molar-refractivity contribution >= 4 is 16.6 Å². The summed E-state index contributed by atoms with van der Waals surface area (Å²) in [6, 6.07) is 10.0. The van der Waals surface area contributed by atoms with Crippen LogP contribution in [0.1, 0.15) is 39.5 Å². The molecule has 0 bridgehead atoms. The van der Waals surface area contributed by atoms with Gasteiger partial charge in [0.15, 0.2) is 0 Å². The molecule has 2 heterocycles.